The Hall–Kier alpha value is -2.58. The van der Waals surface area contributed by atoms with Crippen molar-refractivity contribution in [2.75, 3.05) is 25.7 Å². The number of methoxy groups -OCH3 is 2. The fourth-order valence-electron chi connectivity index (χ4n) is 3.40. The van der Waals surface area contributed by atoms with Gasteiger partial charge in [0, 0.05) is 18.3 Å². The molecule has 1 N–H and O–H groups in total. The van der Waals surface area contributed by atoms with E-state index in [2.05, 4.69) is 4.72 Å². The fraction of sp³-hybridized carbons (Fsp3) is 0.350. The second kappa shape index (κ2) is 7.81. The Kier molecular flexibility index (Phi) is 5.62. The van der Waals surface area contributed by atoms with Gasteiger partial charge in [-0.15, -0.1) is 0 Å². The highest BCUT2D eigenvalue weighted by Gasteiger charge is 2.36. The summed E-state index contributed by atoms with van der Waals surface area (Å²) in [5, 5.41) is 0. The lowest BCUT2D eigenvalue weighted by Crippen LogP contribution is -2.41. The van der Waals surface area contributed by atoms with E-state index in [4.69, 9.17) is 9.47 Å². The molecule has 2 aromatic rings. The summed E-state index contributed by atoms with van der Waals surface area (Å²) in [5.41, 5.74) is 2.88. The standard InChI is InChI=1S/C20H24N2O5S/c1-13-9-14(2)11-15(10-13)22-8-7-17(20(22)23)21-28(24,25)19-12-16(26-3)5-6-18(19)27-4/h5-6,9-12,17,21H,7-8H2,1-4H3/t17-/m1/s1. The monoisotopic (exact) mass is 404 g/mol. The van der Waals surface area contributed by atoms with E-state index < -0.39 is 16.1 Å². The molecule has 0 unspecified atom stereocenters. The van der Waals surface area contributed by atoms with E-state index >= 15 is 0 Å². The van der Waals surface area contributed by atoms with Gasteiger partial charge in [-0.3, -0.25) is 4.79 Å². The van der Waals surface area contributed by atoms with Gasteiger partial charge in [-0.1, -0.05) is 6.07 Å². The van der Waals surface area contributed by atoms with Crippen LogP contribution in [0, 0.1) is 13.8 Å². The molecular weight excluding hydrogens is 380 g/mol. The summed E-state index contributed by atoms with van der Waals surface area (Å²) in [6, 6.07) is 9.55. The van der Waals surface area contributed by atoms with Gasteiger partial charge in [-0.25, -0.2) is 8.42 Å². The number of rotatable bonds is 6. The molecule has 3 rings (SSSR count). The van der Waals surface area contributed by atoms with Gasteiger partial charge >= 0.3 is 0 Å². The molecule has 1 amide bonds. The molecule has 0 radical (unpaired) electrons. The van der Waals surface area contributed by atoms with E-state index in [0.29, 0.717) is 18.7 Å². The Bertz CT molecular complexity index is 983. The summed E-state index contributed by atoms with van der Waals surface area (Å²) in [5.74, 6) is 0.302. The molecule has 0 spiro atoms. The zero-order valence-corrected chi connectivity index (χ0v) is 17.2. The summed E-state index contributed by atoms with van der Waals surface area (Å²) in [6.07, 6.45) is 0.386. The number of carbonyl (C=O) groups is 1. The Morgan fingerprint density at radius 1 is 1.04 bits per heavy atom. The summed E-state index contributed by atoms with van der Waals surface area (Å²) >= 11 is 0. The second-order valence-electron chi connectivity index (χ2n) is 6.82. The number of benzene rings is 2. The van der Waals surface area contributed by atoms with Crippen LogP contribution in [0.5, 0.6) is 11.5 Å². The summed E-state index contributed by atoms with van der Waals surface area (Å²) in [4.78, 5) is 14.4. The van der Waals surface area contributed by atoms with Crippen LogP contribution in [0.3, 0.4) is 0 Å². The normalized spacial score (nSPS) is 17.1. The smallest absolute Gasteiger partial charge is 0.245 e. The minimum absolute atomic E-state index is 0.0630. The Labute approximate surface area is 165 Å². The Morgan fingerprint density at radius 3 is 2.32 bits per heavy atom. The van der Waals surface area contributed by atoms with Crippen molar-refractivity contribution in [1.82, 2.24) is 4.72 Å². The van der Waals surface area contributed by atoms with E-state index in [9.17, 15) is 13.2 Å². The molecule has 0 bridgehead atoms. The maximum absolute atomic E-state index is 12.9. The number of aryl methyl sites for hydroxylation is 2. The molecule has 28 heavy (non-hydrogen) atoms. The molecule has 1 atom stereocenters. The number of carbonyl (C=O) groups excluding carboxylic acids is 1. The molecule has 0 aromatic heterocycles. The van der Waals surface area contributed by atoms with Crippen LogP contribution in [0.2, 0.25) is 0 Å². The van der Waals surface area contributed by atoms with Crippen LogP contribution < -0.4 is 19.1 Å². The van der Waals surface area contributed by atoms with Crippen molar-refractivity contribution in [3.8, 4) is 11.5 Å². The zero-order valence-electron chi connectivity index (χ0n) is 16.4. The first kappa shape index (κ1) is 20.2. The van der Waals surface area contributed by atoms with Crippen molar-refractivity contribution in [2.24, 2.45) is 0 Å². The van der Waals surface area contributed by atoms with Crippen LogP contribution in [0.15, 0.2) is 41.3 Å². The third kappa shape index (κ3) is 3.98. The molecule has 1 heterocycles. The van der Waals surface area contributed by atoms with Crippen molar-refractivity contribution in [3.05, 3.63) is 47.5 Å². The number of hydrogen-bond donors (Lipinski definition) is 1. The first-order valence-corrected chi connectivity index (χ1v) is 10.4. The van der Waals surface area contributed by atoms with Crippen LogP contribution in [-0.2, 0) is 14.8 Å². The van der Waals surface area contributed by atoms with Crippen LogP contribution in [0.4, 0.5) is 5.69 Å². The van der Waals surface area contributed by atoms with Crippen molar-refractivity contribution in [3.63, 3.8) is 0 Å². The molecule has 1 saturated heterocycles. The molecule has 7 nitrogen and oxygen atoms in total. The number of ether oxygens (including phenoxy) is 2. The Morgan fingerprint density at radius 2 is 1.71 bits per heavy atom. The molecule has 0 saturated carbocycles. The van der Waals surface area contributed by atoms with Gasteiger partial charge in [0.15, 0.2) is 0 Å². The number of anilines is 1. The predicted molar refractivity (Wildman–Crippen MR) is 107 cm³/mol. The lowest BCUT2D eigenvalue weighted by molar-refractivity contribution is -0.118. The van der Waals surface area contributed by atoms with Gasteiger partial charge in [0.05, 0.1) is 14.2 Å². The van der Waals surface area contributed by atoms with Gasteiger partial charge in [0.1, 0.15) is 22.4 Å². The van der Waals surface area contributed by atoms with Gasteiger partial charge in [-0.2, -0.15) is 4.72 Å². The average molecular weight is 404 g/mol. The van der Waals surface area contributed by atoms with Crippen molar-refractivity contribution >= 4 is 21.6 Å². The summed E-state index contributed by atoms with van der Waals surface area (Å²) in [7, 11) is -1.13. The van der Waals surface area contributed by atoms with Crippen LogP contribution in [0.25, 0.3) is 0 Å². The zero-order chi connectivity index (χ0) is 20.5. The fourth-order valence-corrected chi connectivity index (χ4v) is 4.80. The van der Waals surface area contributed by atoms with Crippen LogP contribution in [-0.4, -0.2) is 41.1 Å². The quantitative estimate of drug-likeness (QED) is 0.799. The highest BCUT2D eigenvalue weighted by atomic mass is 32.2. The lowest BCUT2D eigenvalue weighted by atomic mass is 10.1. The highest BCUT2D eigenvalue weighted by molar-refractivity contribution is 7.89. The van der Waals surface area contributed by atoms with E-state index in [1.807, 2.05) is 32.0 Å². The summed E-state index contributed by atoms with van der Waals surface area (Å²) < 4.78 is 38.6. The molecule has 2 aromatic carbocycles. The van der Waals surface area contributed by atoms with E-state index in [-0.39, 0.29) is 16.6 Å². The van der Waals surface area contributed by atoms with E-state index in [1.165, 1.54) is 26.4 Å². The van der Waals surface area contributed by atoms with Crippen molar-refractivity contribution < 1.29 is 22.7 Å². The minimum Gasteiger partial charge on any atom is -0.497 e. The SMILES string of the molecule is COc1ccc(OC)c(S(=O)(=O)N[C@@H]2CCN(c3cc(C)cc(C)c3)C2=O)c1. The Balaban J connectivity index is 1.85. The highest BCUT2D eigenvalue weighted by Crippen LogP contribution is 2.30. The maximum Gasteiger partial charge on any atom is 0.245 e. The first-order valence-electron chi connectivity index (χ1n) is 8.89. The number of nitrogens with zero attached hydrogens (tertiary/aromatic N) is 1. The number of nitrogens with one attached hydrogen (secondary N) is 1. The van der Waals surface area contributed by atoms with Gasteiger partial charge < -0.3 is 14.4 Å². The van der Waals surface area contributed by atoms with Crippen molar-refractivity contribution in [2.45, 2.75) is 31.2 Å². The molecule has 8 heteroatoms. The second-order valence-corrected chi connectivity index (χ2v) is 8.50. The first-order chi connectivity index (χ1) is 13.2. The molecule has 1 fully saturated rings. The topological polar surface area (TPSA) is 84.9 Å². The van der Waals surface area contributed by atoms with Crippen LogP contribution in [0.1, 0.15) is 17.5 Å². The molecule has 1 aliphatic heterocycles. The molecule has 0 aliphatic carbocycles. The van der Waals surface area contributed by atoms with Gasteiger partial charge in [-0.05, 0) is 55.7 Å². The number of amides is 1. The largest absolute Gasteiger partial charge is 0.497 e. The molecule has 150 valence electrons. The van der Waals surface area contributed by atoms with E-state index in [1.54, 1.807) is 11.0 Å². The summed E-state index contributed by atoms with van der Waals surface area (Å²) in [6.45, 7) is 4.38. The third-order valence-corrected chi connectivity index (χ3v) is 6.17. The van der Waals surface area contributed by atoms with Crippen LogP contribution >= 0.6 is 0 Å². The number of hydrogen-bond acceptors (Lipinski definition) is 5. The predicted octanol–water partition coefficient (Wildman–Crippen LogP) is 2.40. The molecular formula is C20H24N2O5S. The third-order valence-electron chi connectivity index (χ3n) is 4.68. The van der Waals surface area contributed by atoms with Gasteiger partial charge in [0.2, 0.25) is 15.9 Å². The minimum atomic E-state index is -3.98. The maximum atomic E-state index is 12.9. The van der Waals surface area contributed by atoms with Gasteiger partial charge in [0.25, 0.3) is 0 Å². The molecule has 1 aliphatic rings. The van der Waals surface area contributed by atoms with E-state index in [0.717, 1.165) is 16.8 Å². The average Bonchev–Trinajstić information content (AvgIpc) is 3.00. The lowest BCUT2D eigenvalue weighted by Gasteiger charge is -2.19. The van der Waals surface area contributed by atoms with Crippen molar-refractivity contribution in [1.29, 1.82) is 0 Å². The number of sulfonamides is 1.